The third-order valence-electron chi connectivity index (χ3n) is 1.29. The van der Waals surface area contributed by atoms with Crippen LogP contribution in [0.3, 0.4) is 0 Å². The van der Waals surface area contributed by atoms with Crippen molar-refractivity contribution in [3.05, 3.63) is 21.2 Å². The first-order valence-corrected chi connectivity index (χ1v) is 3.58. The minimum absolute atomic E-state index is 0.281. The maximum Gasteiger partial charge on any atom is 0.308 e. The van der Waals surface area contributed by atoms with Gasteiger partial charge in [-0.05, 0) is 11.6 Å². The number of aliphatic carboxylic acids is 1. The van der Waals surface area contributed by atoms with Gasteiger partial charge in [0.1, 0.15) is 0 Å². The number of aromatic nitrogens is 2. The highest BCUT2D eigenvalue weighted by Gasteiger charge is 2.12. The normalized spacial score (nSPS) is 9.92. The Morgan fingerprint density at radius 2 is 2.23 bits per heavy atom. The first-order chi connectivity index (χ1) is 6.00. The fourth-order valence-corrected chi connectivity index (χ4v) is 0.936. The first kappa shape index (κ1) is 9.53. The second kappa shape index (κ2) is 3.44. The van der Waals surface area contributed by atoms with E-state index in [4.69, 9.17) is 21.8 Å². The van der Waals surface area contributed by atoms with Gasteiger partial charge in [0, 0.05) is 0 Å². The molecule has 0 saturated heterocycles. The van der Waals surface area contributed by atoms with Gasteiger partial charge in [0.15, 0.2) is 0 Å². The molecule has 0 bridgehead atoms. The lowest BCUT2D eigenvalue weighted by Crippen LogP contribution is -2.17. The molecular weight excluding hydrogens is 200 g/mol. The van der Waals surface area contributed by atoms with Crippen LogP contribution in [0, 0.1) is 0 Å². The Morgan fingerprint density at radius 3 is 2.69 bits per heavy atom. The molecular formula is C6H5ClN2O4. The number of H-pyrrole nitrogens is 1. The van der Waals surface area contributed by atoms with Gasteiger partial charge < -0.3 is 10.2 Å². The van der Waals surface area contributed by atoms with E-state index in [-0.39, 0.29) is 10.8 Å². The molecule has 13 heavy (non-hydrogen) atoms. The SMILES string of the molecule is O=C(O)Cc1c(O)nc(Cl)[nH]c1=O. The third-order valence-corrected chi connectivity index (χ3v) is 1.47. The Kier molecular flexibility index (Phi) is 2.52. The Labute approximate surface area is 76.8 Å². The summed E-state index contributed by atoms with van der Waals surface area (Å²) in [5.41, 5.74) is -1.06. The minimum atomic E-state index is -1.23. The van der Waals surface area contributed by atoms with Gasteiger partial charge in [-0.15, -0.1) is 0 Å². The van der Waals surface area contributed by atoms with Crippen LogP contribution in [-0.2, 0) is 11.2 Å². The smallest absolute Gasteiger partial charge is 0.308 e. The number of hydrogen-bond donors (Lipinski definition) is 3. The summed E-state index contributed by atoms with van der Waals surface area (Å²) in [5.74, 6) is -1.89. The van der Waals surface area contributed by atoms with Crippen molar-refractivity contribution in [2.75, 3.05) is 0 Å². The van der Waals surface area contributed by atoms with Crippen LogP contribution < -0.4 is 5.56 Å². The highest BCUT2D eigenvalue weighted by molar-refractivity contribution is 6.28. The lowest BCUT2D eigenvalue weighted by atomic mass is 10.2. The molecule has 1 rings (SSSR count). The molecule has 0 aliphatic rings. The van der Waals surface area contributed by atoms with E-state index in [1.165, 1.54) is 0 Å². The van der Waals surface area contributed by atoms with Gasteiger partial charge in [-0.25, -0.2) is 0 Å². The van der Waals surface area contributed by atoms with Crippen molar-refractivity contribution >= 4 is 17.6 Å². The quantitative estimate of drug-likeness (QED) is 0.577. The van der Waals surface area contributed by atoms with Gasteiger partial charge in [-0.1, -0.05) is 0 Å². The molecule has 6 nitrogen and oxygen atoms in total. The number of halogens is 1. The second-order valence-corrected chi connectivity index (χ2v) is 2.59. The summed E-state index contributed by atoms with van der Waals surface area (Å²) in [6, 6.07) is 0. The zero-order valence-corrected chi connectivity index (χ0v) is 7.00. The number of carbonyl (C=O) groups is 1. The Balaban J connectivity index is 3.21. The molecule has 0 aliphatic heterocycles. The van der Waals surface area contributed by atoms with E-state index in [0.717, 1.165) is 0 Å². The zero-order valence-electron chi connectivity index (χ0n) is 6.24. The molecule has 0 unspecified atom stereocenters. The van der Waals surface area contributed by atoms with E-state index < -0.39 is 23.8 Å². The van der Waals surface area contributed by atoms with Crippen molar-refractivity contribution in [3.8, 4) is 5.88 Å². The second-order valence-electron chi connectivity index (χ2n) is 2.23. The number of aromatic hydroxyl groups is 1. The molecule has 0 fully saturated rings. The molecule has 0 aromatic carbocycles. The lowest BCUT2D eigenvalue weighted by molar-refractivity contribution is -0.136. The topological polar surface area (TPSA) is 103 Å². The highest BCUT2D eigenvalue weighted by Crippen LogP contribution is 2.10. The van der Waals surface area contributed by atoms with Crippen molar-refractivity contribution in [1.82, 2.24) is 9.97 Å². The molecule has 0 saturated carbocycles. The van der Waals surface area contributed by atoms with Gasteiger partial charge in [0.25, 0.3) is 5.56 Å². The fraction of sp³-hybridized carbons (Fsp3) is 0.167. The average molecular weight is 205 g/mol. The van der Waals surface area contributed by atoms with Crippen LogP contribution in [0.15, 0.2) is 4.79 Å². The highest BCUT2D eigenvalue weighted by atomic mass is 35.5. The van der Waals surface area contributed by atoms with Crippen molar-refractivity contribution in [2.45, 2.75) is 6.42 Å². The van der Waals surface area contributed by atoms with Crippen LogP contribution in [0.1, 0.15) is 5.56 Å². The summed E-state index contributed by atoms with van der Waals surface area (Å²) in [7, 11) is 0. The van der Waals surface area contributed by atoms with Crippen molar-refractivity contribution in [2.24, 2.45) is 0 Å². The van der Waals surface area contributed by atoms with Gasteiger partial charge in [0.05, 0.1) is 12.0 Å². The van der Waals surface area contributed by atoms with Crippen molar-refractivity contribution in [1.29, 1.82) is 0 Å². The van der Waals surface area contributed by atoms with E-state index in [1.54, 1.807) is 0 Å². The Bertz CT molecular complexity index is 400. The number of nitrogens with one attached hydrogen (secondary N) is 1. The average Bonchev–Trinajstić information content (AvgIpc) is 1.96. The van der Waals surface area contributed by atoms with Crippen LogP contribution in [-0.4, -0.2) is 26.2 Å². The Morgan fingerprint density at radius 1 is 1.62 bits per heavy atom. The molecule has 0 radical (unpaired) electrons. The van der Waals surface area contributed by atoms with Crippen LogP contribution in [0.5, 0.6) is 5.88 Å². The molecule has 1 heterocycles. The van der Waals surface area contributed by atoms with Crippen LogP contribution in [0.25, 0.3) is 0 Å². The maximum atomic E-state index is 11.0. The standard InChI is InChI=1S/C6H5ClN2O4/c7-6-8-4(12)2(1-3(10)11)5(13)9-6/h1H2,(H,10,11)(H2,8,9,12,13). The van der Waals surface area contributed by atoms with Gasteiger partial charge in [0.2, 0.25) is 11.2 Å². The fourth-order valence-electron chi connectivity index (χ4n) is 0.770. The molecule has 3 N–H and O–H groups in total. The van der Waals surface area contributed by atoms with E-state index >= 15 is 0 Å². The van der Waals surface area contributed by atoms with Crippen LogP contribution in [0.2, 0.25) is 5.28 Å². The summed E-state index contributed by atoms with van der Waals surface area (Å²) in [4.78, 5) is 26.6. The summed E-state index contributed by atoms with van der Waals surface area (Å²) in [6.07, 6.45) is -0.592. The van der Waals surface area contributed by atoms with Gasteiger partial charge >= 0.3 is 5.97 Å². The van der Waals surface area contributed by atoms with Gasteiger partial charge in [-0.2, -0.15) is 4.98 Å². The van der Waals surface area contributed by atoms with E-state index in [0.29, 0.717) is 0 Å². The lowest BCUT2D eigenvalue weighted by Gasteiger charge is -1.98. The molecule has 0 atom stereocenters. The minimum Gasteiger partial charge on any atom is -0.493 e. The van der Waals surface area contributed by atoms with E-state index in [1.807, 2.05) is 0 Å². The Hall–Kier alpha value is -1.56. The molecule has 70 valence electrons. The summed E-state index contributed by atoms with van der Waals surface area (Å²) >= 11 is 5.28. The summed E-state index contributed by atoms with van der Waals surface area (Å²) in [5, 5.41) is 17.1. The number of rotatable bonds is 2. The number of carboxylic acid groups (broad SMARTS) is 1. The largest absolute Gasteiger partial charge is 0.493 e. The predicted octanol–water partition coefficient (Wildman–Crippen LogP) is -0.244. The number of hydrogen-bond acceptors (Lipinski definition) is 4. The molecule has 7 heteroatoms. The first-order valence-electron chi connectivity index (χ1n) is 3.20. The molecule has 0 spiro atoms. The van der Waals surface area contributed by atoms with Crippen molar-refractivity contribution in [3.63, 3.8) is 0 Å². The van der Waals surface area contributed by atoms with Crippen LogP contribution >= 0.6 is 11.6 Å². The number of carboxylic acids is 1. The number of nitrogens with zero attached hydrogens (tertiary/aromatic N) is 1. The zero-order chi connectivity index (χ0) is 10.0. The third kappa shape index (κ3) is 2.19. The van der Waals surface area contributed by atoms with Gasteiger partial charge in [-0.3, -0.25) is 14.6 Å². The number of aromatic amines is 1. The van der Waals surface area contributed by atoms with E-state index in [2.05, 4.69) is 9.97 Å². The molecule has 0 amide bonds. The monoisotopic (exact) mass is 204 g/mol. The molecule has 0 aliphatic carbocycles. The summed E-state index contributed by atoms with van der Waals surface area (Å²) in [6.45, 7) is 0. The summed E-state index contributed by atoms with van der Waals surface area (Å²) < 4.78 is 0. The predicted molar refractivity (Wildman–Crippen MR) is 42.9 cm³/mol. The molecule has 1 aromatic rings. The van der Waals surface area contributed by atoms with Crippen molar-refractivity contribution < 1.29 is 15.0 Å². The molecule has 1 aromatic heterocycles. The van der Waals surface area contributed by atoms with E-state index in [9.17, 15) is 9.59 Å². The maximum absolute atomic E-state index is 11.0. The van der Waals surface area contributed by atoms with Crippen LogP contribution in [0.4, 0.5) is 0 Å².